The van der Waals surface area contributed by atoms with Crippen LogP contribution in [0.4, 0.5) is 11.5 Å². The van der Waals surface area contributed by atoms with Gasteiger partial charge in [-0.15, -0.1) is 0 Å². The zero-order valence-corrected chi connectivity index (χ0v) is 10.3. The van der Waals surface area contributed by atoms with E-state index in [0.29, 0.717) is 11.5 Å². The molecule has 0 spiro atoms. The number of carbonyl (C=O) groups is 1. The first-order valence-electron chi connectivity index (χ1n) is 5.15. The molecule has 0 amide bonds. The molecule has 18 heavy (non-hydrogen) atoms. The van der Waals surface area contributed by atoms with Crippen LogP contribution in [0.1, 0.15) is 16.1 Å². The second kappa shape index (κ2) is 5.01. The summed E-state index contributed by atoms with van der Waals surface area (Å²) in [6, 6.07) is 6.37. The van der Waals surface area contributed by atoms with Crippen LogP contribution in [0, 0.1) is 6.92 Å². The highest BCUT2D eigenvalue weighted by atomic mass is 35.5. The Kier molecular flexibility index (Phi) is 3.43. The number of hydrogen-bond donors (Lipinski definition) is 2. The fourth-order valence-corrected chi connectivity index (χ4v) is 1.58. The predicted molar refractivity (Wildman–Crippen MR) is 68.5 cm³/mol. The molecule has 0 saturated carbocycles. The average Bonchev–Trinajstić information content (AvgIpc) is 2.31. The third-order valence-electron chi connectivity index (χ3n) is 2.22. The van der Waals surface area contributed by atoms with Crippen molar-refractivity contribution in [3.63, 3.8) is 0 Å². The van der Waals surface area contributed by atoms with Gasteiger partial charge in [0.05, 0.1) is 17.4 Å². The molecular formula is C12H10ClN3O2. The van der Waals surface area contributed by atoms with E-state index in [0.717, 1.165) is 5.69 Å². The van der Waals surface area contributed by atoms with Crippen molar-refractivity contribution in [3.8, 4) is 0 Å². The monoisotopic (exact) mass is 263 g/mol. The van der Waals surface area contributed by atoms with E-state index in [1.54, 1.807) is 6.20 Å². The molecule has 2 N–H and O–H groups in total. The van der Waals surface area contributed by atoms with Gasteiger partial charge in [0.2, 0.25) is 0 Å². The molecule has 0 radical (unpaired) electrons. The third-order valence-corrected chi connectivity index (χ3v) is 2.42. The van der Waals surface area contributed by atoms with E-state index < -0.39 is 5.97 Å². The quantitative estimate of drug-likeness (QED) is 0.833. The van der Waals surface area contributed by atoms with Gasteiger partial charge in [0.15, 0.2) is 0 Å². The van der Waals surface area contributed by atoms with Gasteiger partial charge in [0.25, 0.3) is 0 Å². The summed E-state index contributed by atoms with van der Waals surface area (Å²) in [4.78, 5) is 19.0. The Bertz CT molecular complexity index is 584. The molecule has 0 aliphatic heterocycles. The SMILES string of the molecule is Cc1ccc(Nc2cc(C(=O)O)cc(Cl)n2)cn1. The summed E-state index contributed by atoms with van der Waals surface area (Å²) in [7, 11) is 0. The van der Waals surface area contributed by atoms with Crippen molar-refractivity contribution in [2.75, 3.05) is 5.32 Å². The Labute approximate surface area is 108 Å². The zero-order valence-electron chi connectivity index (χ0n) is 9.51. The molecule has 2 rings (SSSR count). The van der Waals surface area contributed by atoms with Gasteiger partial charge < -0.3 is 10.4 Å². The maximum atomic E-state index is 10.9. The molecular weight excluding hydrogens is 254 g/mol. The number of pyridine rings is 2. The number of carboxylic acid groups (broad SMARTS) is 1. The number of rotatable bonds is 3. The maximum Gasteiger partial charge on any atom is 0.335 e. The van der Waals surface area contributed by atoms with Gasteiger partial charge in [-0.2, -0.15) is 0 Å². The molecule has 2 aromatic heterocycles. The first kappa shape index (κ1) is 12.3. The normalized spacial score (nSPS) is 10.1. The fourth-order valence-electron chi connectivity index (χ4n) is 1.37. The fraction of sp³-hybridized carbons (Fsp3) is 0.0833. The van der Waals surface area contributed by atoms with Crippen LogP contribution >= 0.6 is 11.6 Å². The van der Waals surface area contributed by atoms with E-state index >= 15 is 0 Å². The van der Waals surface area contributed by atoms with Gasteiger partial charge >= 0.3 is 5.97 Å². The Morgan fingerprint density at radius 2 is 2.17 bits per heavy atom. The van der Waals surface area contributed by atoms with Crippen molar-refractivity contribution in [1.82, 2.24) is 9.97 Å². The molecule has 2 aromatic rings. The lowest BCUT2D eigenvalue weighted by Gasteiger charge is -2.06. The topological polar surface area (TPSA) is 75.1 Å². The summed E-state index contributed by atoms with van der Waals surface area (Å²) in [5, 5.41) is 12.0. The van der Waals surface area contributed by atoms with Crippen LogP contribution < -0.4 is 5.32 Å². The lowest BCUT2D eigenvalue weighted by atomic mass is 10.2. The molecule has 5 nitrogen and oxygen atoms in total. The van der Waals surface area contributed by atoms with E-state index in [1.807, 2.05) is 19.1 Å². The lowest BCUT2D eigenvalue weighted by molar-refractivity contribution is 0.0697. The van der Waals surface area contributed by atoms with Gasteiger partial charge in [-0.1, -0.05) is 11.6 Å². The molecule has 0 aromatic carbocycles. The highest BCUT2D eigenvalue weighted by molar-refractivity contribution is 6.29. The average molecular weight is 264 g/mol. The molecule has 2 heterocycles. The summed E-state index contributed by atoms with van der Waals surface area (Å²) in [6.07, 6.45) is 1.64. The van der Waals surface area contributed by atoms with Gasteiger partial charge in [-0.05, 0) is 31.2 Å². The van der Waals surface area contributed by atoms with Gasteiger partial charge in [-0.3, -0.25) is 4.98 Å². The highest BCUT2D eigenvalue weighted by Gasteiger charge is 2.07. The summed E-state index contributed by atoms with van der Waals surface area (Å²) < 4.78 is 0. The summed E-state index contributed by atoms with van der Waals surface area (Å²) >= 11 is 5.76. The minimum absolute atomic E-state index is 0.0811. The van der Waals surface area contributed by atoms with Gasteiger partial charge in [-0.25, -0.2) is 9.78 Å². The van der Waals surface area contributed by atoms with Crippen molar-refractivity contribution >= 4 is 29.1 Å². The second-order valence-corrected chi connectivity index (χ2v) is 4.07. The van der Waals surface area contributed by atoms with E-state index in [9.17, 15) is 4.79 Å². The molecule has 0 aliphatic carbocycles. The highest BCUT2D eigenvalue weighted by Crippen LogP contribution is 2.18. The van der Waals surface area contributed by atoms with Crippen molar-refractivity contribution in [2.45, 2.75) is 6.92 Å². The standard InChI is InChI=1S/C12H10ClN3O2/c1-7-2-3-9(6-14-7)15-11-5-8(12(17)18)4-10(13)16-11/h2-6H,1H3,(H,15,16)(H,17,18). The molecule has 0 bridgehead atoms. The van der Waals surface area contributed by atoms with Gasteiger partial charge in [0, 0.05) is 5.69 Å². The zero-order chi connectivity index (χ0) is 13.1. The van der Waals surface area contributed by atoms with Crippen LogP contribution in [0.2, 0.25) is 5.15 Å². The Morgan fingerprint density at radius 3 is 2.78 bits per heavy atom. The minimum atomic E-state index is -1.05. The van der Waals surface area contributed by atoms with Crippen LogP contribution in [0.5, 0.6) is 0 Å². The van der Waals surface area contributed by atoms with Crippen molar-refractivity contribution < 1.29 is 9.90 Å². The number of anilines is 2. The number of nitrogens with one attached hydrogen (secondary N) is 1. The van der Waals surface area contributed by atoms with E-state index in [-0.39, 0.29) is 10.7 Å². The van der Waals surface area contributed by atoms with Gasteiger partial charge in [0.1, 0.15) is 11.0 Å². The van der Waals surface area contributed by atoms with E-state index in [1.165, 1.54) is 12.1 Å². The number of aromatic nitrogens is 2. The molecule has 0 saturated heterocycles. The second-order valence-electron chi connectivity index (χ2n) is 3.68. The Hall–Kier alpha value is -2.14. The predicted octanol–water partition coefficient (Wildman–Crippen LogP) is 2.88. The van der Waals surface area contributed by atoms with Crippen LogP contribution in [-0.4, -0.2) is 21.0 Å². The number of carboxylic acids is 1. The van der Waals surface area contributed by atoms with Crippen molar-refractivity contribution in [3.05, 3.63) is 46.9 Å². The summed E-state index contributed by atoms with van der Waals surface area (Å²) in [5.74, 6) is -0.685. The first-order chi connectivity index (χ1) is 8.54. The smallest absolute Gasteiger partial charge is 0.335 e. The van der Waals surface area contributed by atoms with Crippen molar-refractivity contribution in [2.24, 2.45) is 0 Å². The lowest BCUT2D eigenvalue weighted by Crippen LogP contribution is -2.01. The van der Waals surface area contributed by atoms with Crippen LogP contribution in [0.3, 0.4) is 0 Å². The molecule has 0 unspecified atom stereocenters. The molecule has 0 atom stereocenters. The number of aromatic carboxylic acids is 1. The number of nitrogens with zero attached hydrogens (tertiary/aromatic N) is 2. The first-order valence-corrected chi connectivity index (χ1v) is 5.53. The van der Waals surface area contributed by atoms with Crippen LogP contribution in [0.25, 0.3) is 0 Å². The molecule has 0 fully saturated rings. The van der Waals surface area contributed by atoms with E-state index in [4.69, 9.17) is 16.7 Å². The summed E-state index contributed by atoms with van der Waals surface area (Å²) in [5.41, 5.74) is 1.69. The minimum Gasteiger partial charge on any atom is -0.478 e. The third kappa shape index (κ3) is 2.95. The largest absolute Gasteiger partial charge is 0.478 e. The van der Waals surface area contributed by atoms with Crippen LogP contribution in [0.15, 0.2) is 30.5 Å². The molecule has 0 aliphatic rings. The summed E-state index contributed by atoms with van der Waals surface area (Å²) in [6.45, 7) is 1.88. The van der Waals surface area contributed by atoms with Crippen molar-refractivity contribution in [1.29, 1.82) is 0 Å². The molecule has 92 valence electrons. The maximum absolute atomic E-state index is 10.9. The number of aryl methyl sites for hydroxylation is 1. The van der Waals surface area contributed by atoms with Crippen LogP contribution in [-0.2, 0) is 0 Å². The van der Waals surface area contributed by atoms with E-state index in [2.05, 4.69) is 15.3 Å². The number of hydrogen-bond acceptors (Lipinski definition) is 4. The molecule has 6 heteroatoms. The Balaban J connectivity index is 2.28. The number of halogens is 1. The Morgan fingerprint density at radius 1 is 1.39 bits per heavy atom.